The average Bonchev–Trinajstić information content (AvgIpc) is 1.63. The van der Waals surface area contributed by atoms with Crippen LogP contribution in [0.25, 0.3) is 0 Å². The van der Waals surface area contributed by atoms with E-state index >= 15 is 0 Å². The highest BCUT2D eigenvalue weighted by Gasteiger charge is 2.12. The van der Waals surface area contributed by atoms with Crippen LogP contribution in [0.3, 0.4) is 0 Å². The largest absolute Gasteiger partial charge is 0.193 e. The fourth-order valence-corrected chi connectivity index (χ4v) is 0.811. The normalized spacial score (nSPS) is 20.4. The van der Waals surface area contributed by atoms with Gasteiger partial charge in [-0.15, -0.1) is 0 Å². The van der Waals surface area contributed by atoms with Crippen LogP contribution in [0.15, 0.2) is 12.2 Å². The number of rotatable bonds is 1. The minimum absolute atomic E-state index is 0.731. The van der Waals surface area contributed by atoms with Crippen molar-refractivity contribution in [1.29, 1.82) is 5.26 Å². The van der Waals surface area contributed by atoms with Crippen LogP contribution >= 0.6 is 0 Å². The van der Waals surface area contributed by atoms with Crippen LogP contribution in [0.1, 0.15) is 19.3 Å². The van der Waals surface area contributed by atoms with Crippen molar-refractivity contribution in [1.82, 2.24) is 0 Å². The van der Waals surface area contributed by atoms with E-state index in [2.05, 4.69) is 0 Å². The zero-order chi connectivity index (χ0) is 5.82. The second-order valence-electron chi connectivity index (χ2n) is 2.18. The van der Waals surface area contributed by atoms with Crippen LogP contribution in [0.4, 0.5) is 0 Å². The van der Waals surface area contributed by atoms with Crippen molar-refractivity contribution in [3.05, 3.63) is 12.2 Å². The first-order valence-electron chi connectivity index (χ1n) is 3.00. The summed E-state index contributed by atoms with van der Waals surface area (Å²) >= 11 is 0. The predicted octanol–water partition coefficient (Wildman–Crippen LogP) is 1.87. The maximum atomic E-state index is 8.10. The van der Waals surface area contributed by atoms with Crippen LogP contribution < -0.4 is 0 Å². The number of hydrogen-bond acceptors (Lipinski definition) is 1. The molecule has 1 aliphatic rings. The minimum Gasteiger partial charge on any atom is -0.193 e. The molecule has 0 unspecified atom stereocenters. The number of nitriles is 1. The molecule has 0 aliphatic heterocycles. The van der Waals surface area contributed by atoms with Crippen LogP contribution in [0, 0.1) is 17.2 Å². The molecule has 0 amide bonds. The number of nitrogens with zero attached hydrogens (tertiary/aromatic N) is 1. The van der Waals surface area contributed by atoms with Gasteiger partial charge in [-0.25, -0.2) is 0 Å². The van der Waals surface area contributed by atoms with Gasteiger partial charge in [0.2, 0.25) is 0 Å². The smallest absolute Gasteiger partial charge is 0.0908 e. The summed E-state index contributed by atoms with van der Waals surface area (Å²) in [5.74, 6) is 0.731. The van der Waals surface area contributed by atoms with Gasteiger partial charge >= 0.3 is 0 Å². The van der Waals surface area contributed by atoms with Crippen molar-refractivity contribution in [3.8, 4) is 6.07 Å². The molecule has 0 aromatic rings. The van der Waals surface area contributed by atoms with E-state index in [0.717, 1.165) is 5.92 Å². The lowest BCUT2D eigenvalue weighted by atomic mass is 9.85. The van der Waals surface area contributed by atoms with Crippen molar-refractivity contribution in [2.45, 2.75) is 19.3 Å². The molecule has 0 aromatic carbocycles. The summed E-state index contributed by atoms with van der Waals surface area (Å²) in [6, 6.07) is 1.99. The Bertz CT molecular complexity index is 126. The molecule has 0 saturated heterocycles. The zero-order valence-corrected chi connectivity index (χ0v) is 4.80. The summed E-state index contributed by atoms with van der Waals surface area (Å²) in [5.41, 5.74) is 0. The molecule has 1 saturated carbocycles. The van der Waals surface area contributed by atoms with Gasteiger partial charge in [-0.2, -0.15) is 5.26 Å². The molecular formula is C7H9N. The Hall–Kier alpha value is -0.770. The SMILES string of the molecule is N#C/C=C/C1CCC1. The summed E-state index contributed by atoms with van der Waals surface area (Å²) in [4.78, 5) is 0. The van der Waals surface area contributed by atoms with E-state index in [1.165, 1.54) is 19.3 Å². The Morgan fingerprint density at radius 2 is 2.25 bits per heavy atom. The van der Waals surface area contributed by atoms with Crippen LogP contribution in [0.2, 0.25) is 0 Å². The molecule has 1 heteroatoms. The van der Waals surface area contributed by atoms with E-state index in [1.807, 2.05) is 12.1 Å². The van der Waals surface area contributed by atoms with Crippen molar-refractivity contribution >= 4 is 0 Å². The fraction of sp³-hybridized carbons (Fsp3) is 0.571. The first kappa shape index (κ1) is 5.37. The Morgan fingerprint density at radius 3 is 2.62 bits per heavy atom. The van der Waals surface area contributed by atoms with E-state index < -0.39 is 0 Å². The zero-order valence-electron chi connectivity index (χ0n) is 4.80. The summed E-state index contributed by atoms with van der Waals surface area (Å²) in [5, 5.41) is 8.10. The van der Waals surface area contributed by atoms with Gasteiger partial charge < -0.3 is 0 Å². The first-order valence-corrected chi connectivity index (χ1v) is 3.00. The third kappa shape index (κ3) is 1.10. The Labute approximate surface area is 49.6 Å². The van der Waals surface area contributed by atoms with Gasteiger partial charge in [0.1, 0.15) is 0 Å². The van der Waals surface area contributed by atoms with Crippen molar-refractivity contribution in [3.63, 3.8) is 0 Å². The average molecular weight is 107 g/mol. The van der Waals surface area contributed by atoms with Crippen molar-refractivity contribution in [2.24, 2.45) is 5.92 Å². The van der Waals surface area contributed by atoms with Gasteiger partial charge in [0.15, 0.2) is 0 Å². The summed E-state index contributed by atoms with van der Waals surface area (Å²) < 4.78 is 0. The molecule has 1 rings (SSSR count). The summed E-state index contributed by atoms with van der Waals surface area (Å²) in [7, 11) is 0. The molecular weight excluding hydrogens is 98.1 g/mol. The third-order valence-electron chi connectivity index (χ3n) is 1.59. The maximum absolute atomic E-state index is 8.10. The van der Waals surface area contributed by atoms with Gasteiger partial charge in [0.25, 0.3) is 0 Å². The molecule has 42 valence electrons. The molecule has 1 fully saturated rings. The second kappa shape index (κ2) is 2.52. The molecule has 8 heavy (non-hydrogen) atoms. The molecule has 0 bridgehead atoms. The molecule has 1 aliphatic carbocycles. The van der Waals surface area contributed by atoms with Crippen LogP contribution in [-0.4, -0.2) is 0 Å². The van der Waals surface area contributed by atoms with Crippen molar-refractivity contribution < 1.29 is 0 Å². The summed E-state index contributed by atoms with van der Waals surface area (Å²) in [6.45, 7) is 0. The molecule has 0 atom stereocenters. The van der Waals surface area contributed by atoms with Gasteiger partial charge in [-0.05, 0) is 18.8 Å². The first-order chi connectivity index (χ1) is 3.93. The Balaban J connectivity index is 2.20. The highest BCUT2D eigenvalue weighted by molar-refractivity contribution is 5.05. The Morgan fingerprint density at radius 1 is 1.50 bits per heavy atom. The molecule has 0 N–H and O–H groups in total. The quantitative estimate of drug-likeness (QED) is 0.469. The standard InChI is InChI=1S/C7H9N/c8-6-2-5-7-3-1-4-7/h2,5,7H,1,3-4H2/b5-2+. The van der Waals surface area contributed by atoms with E-state index in [1.54, 1.807) is 6.08 Å². The van der Waals surface area contributed by atoms with Gasteiger partial charge in [0, 0.05) is 6.08 Å². The van der Waals surface area contributed by atoms with E-state index in [4.69, 9.17) is 5.26 Å². The molecule has 0 radical (unpaired) electrons. The van der Waals surface area contributed by atoms with Gasteiger partial charge in [0.05, 0.1) is 6.07 Å². The van der Waals surface area contributed by atoms with E-state index in [9.17, 15) is 0 Å². The Kier molecular flexibility index (Phi) is 1.69. The van der Waals surface area contributed by atoms with E-state index in [-0.39, 0.29) is 0 Å². The van der Waals surface area contributed by atoms with Gasteiger partial charge in [-0.3, -0.25) is 0 Å². The number of allylic oxidation sites excluding steroid dienone is 2. The second-order valence-corrected chi connectivity index (χ2v) is 2.18. The van der Waals surface area contributed by atoms with E-state index in [0.29, 0.717) is 0 Å². The lowest BCUT2D eigenvalue weighted by molar-refractivity contribution is 0.388. The molecule has 0 spiro atoms. The minimum atomic E-state index is 0.731. The monoisotopic (exact) mass is 107 g/mol. The topological polar surface area (TPSA) is 23.8 Å². The summed E-state index contributed by atoms with van der Waals surface area (Å²) in [6.07, 6.45) is 7.52. The lowest BCUT2D eigenvalue weighted by Crippen LogP contribution is -2.06. The molecule has 0 heterocycles. The predicted molar refractivity (Wildman–Crippen MR) is 32.1 cm³/mol. The molecule has 0 aromatic heterocycles. The fourth-order valence-electron chi connectivity index (χ4n) is 0.811. The van der Waals surface area contributed by atoms with Gasteiger partial charge in [-0.1, -0.05) is 12.5 Å². The highest BCUT2D eigenvalue weighted by Crippen LogP contribution is 2.26. The third-order valence-corrected chi connectivity index (χ3v) is 1.59. The molecule has 1 nitrogen and oxygen atoms in total. The van der Waals surface area contributed by atoms with Crippen molar-refractivity contribution in [2.75, 3.05) is 0 Å². The van der Waals surface area contributed by atoms with Crippen LogP contribution in [-0.2, 0) is 0 Å². The number of hydrogen-bond donors (Lipinski definition) is 0. The lowest BCUT2D eigenvalue weighted by Gasteiger charge is -2.20. The highest BCUT2D eigenvalue weighted by atomic mass is 14.2. The maximum Gasteiger partial charge on any atom is 0.0908 e. The van der Waals surface area contributed by atoms with Crippen LogP contribution in [0.5, 0.6) is 0 Å².